The van der Waals surface area contributed by atoms with E-state index in [1.807, 2.05) is 112 Å². The summed E-state index contributed by atoms with van der Waals surface area (Å²) in [5.74, 6) is 3.56. The Labute approximate surface area is 580 Å². The summed E-state index contributed by atoms with van der Waals surface area (Å²) in [5, 5.41) is 15.7. The first kappa shape index (κ1) is 72.3. The highest BCUT2D eigenvalue weighted by molar-refractivity contribution is 9.10. The average Bonchev–Trinajstić information content (AvgIpc) is 1.59. The Bertz CT molecular complexity index is 4240. The van der Waals surface area contributed by atoms with Gasteiger partial charge in [0.25, 0.3) is 17.7 Å². The van der Waals surface area contributed by atoms with Gasteiger partial charge in [-0.25, -0.2) is 39.5 Å². The van der Waals surface area contributed by atoms with Gasteiger partial charge < -0.3 is 56.2 Å². The van der Waals surface area contributed by atoms with Crippen LogP contribution in [0, 0.1) is 0 Å². The summed E-state index contributed by atoms with van der Waals surface area (Å²) in [6.07, 6.45) is 2.77. The summed E-state index contributed by atoms with van der Waals surface area (Å²) in [7, 11) is 3.25. The van der Waals surface area contributed by atoms with Gasteiger partial charge in [0.1, 0.15) is 76.6 Å². The summed E-state index contributed by atoms with van der Waals surface area (Å²) in [6.45, 7) is 23.4. The fourth-order valence-corrected chi connectivity index (χ4v) is 12.2. The number of benzene rings is 5. The lowest BCUT2D eigenvalue weighted by molar-refractivity contribution is 0.0587. The SMILES string of the molecule is CC(C)(C)OC(=O)Nc1cc(N)ncn1.CC1(C)NC(=O)c2ccc(Nc3cc(N)ncn3)c(Cl)c21.COc1ccc(CN2C(=O)c3ccc(Br)c(Cl)c3C2(C)C)cc1.COc1ccc(CN2C(=O)c3ccc(Nc4cc(NC(=O)OC(C)(C)C)ncn4)c(Cl)c3C2(C)C)cc1. The molecule has 0 fully saturated rings. The fraction of sp³-hybridized carbons (Fsp3) is 0.309. The van der Waals surface area contributed by atoms with Gasteiger partial charge in [0.15, 0.2) is 0 Å². The molecule has 96 heavy (non-hydrogen) atoms. The van der Waals surface area contributed by atoms with Crippen LogP contribution in [0.2, 0.25) is 15.1 Å². The number of nitrogens with one attached hydrogen (secondary N) is 5. The van der Waals surface area contributed by atoms with Gasteiger partial charge in [-0.3, -0.25) is 25.0 Å². The lowest BCUT2D eigenvalue weighted by atomic mass is 9.92. The number of carbonyl (C=O) groups is 5. The first-order valence-electron chi connectivity index (χ1n) is 29.9. The molecule has 504 valence electrons. The summed E-state index contributed by atoms with van der Waals surface area (Å²) in [4.78, 5) is 88.9. The molecule has 0 atom stereocenters. The van der Waals surface area contributed by atoms with Crippen molar-refractivity contribution in [2.24, 2.45) is 0 Å². The van der Waals surface area contributed by atoms with E-state index < -0.39 is 40.0 Å². The summed E-state index contributed by atoms with van der Waals surface area (Å²) in [6, 6.07) is 30.7. The van der Waals surface area contributed by atoms with Gasteiger partial charge in [0, 0.05) is 69.1 Å². The predicted octanol–water partition coefficient (Wildman–Crippen LogP) is 15.0. The molecule has 0 saturated heterocycles. The van der Waals surface area contributed by atoms with Crippen LogP contribution in [-0.2, 0) is 39.2 Å². The van der Waals surface area contributed by atoms with Crippen LogP contribution < -0.4 is 47.5 Å². The Morgan fingerprint density at radius 1 is 0.521 bits per heavy atom. The molecule has 6 heterocycles. The molecule has 9 N–H and O–H groups in total. The van der Waals surface area contributed by atoms with Crippen LogP contribution >= 0.6 is 50.7 Å². The van der Waals surface area contributed by atoms with Crippen molar-refractivity contribution in [3.63, 3.8) is 0 Å². The molecular weight excluding hydrogens is 1360 g/mol. The van der Waals surface area contributed by atoms with Crippen LogP contribution in [0.4, 0.5) is 55.9 Å². The lowest BCUT2D eigenvalue weighted by Gasteiger charge is -2.33. The molecule has 0 aliphatic carbocycles. The zero-order valence-corrected chi connectivity index (χ0v) is 59.2. The number of ether oxygens (including phenoxy) is 4. The number of nitrogens with zero attached hydrogens (tertiary/aromatic N) is 8. The molecule has 8 aromatic rings. The van der Waals surface area contributed by atoms with Crippen molar-refractivity contribution in [1.29, 1.82) is 0 Å². The highest BCUT2D eigenvalue weighted by atomic mass is 79.9. The number of rotatable bonds is 12. The van der Waals surface area contributed by atoms with Gasteiger partial charge in [-0.05, 0) is 171 Å². The number of methoxy groups -OCH3 is 2. The van der Waals surface area contributed by atoms with Crippen LogP contribution in [0.15, 0.2) is 127 Å². The van der Waals surface area contributed by atoms with Gasteiger partial charge in [-0.2, -0.15) is 0 Å². The average molecular weight is 1430 g/mol. The van der Waals surface area contributed by atoms with Crippen molar-refractivity contribution in [3.8, 4) is 11.5 Å². The second kappa shape index (κ2) is 29.2. The largest absolute Gasteiger partial charge is 0.497 e. The van der Waals surface area contributed by atoms with E-state index in [0.29, 0.717) is 79.5 Å². The standard InChI is InChI=1S/C27H30ClN5O4.C18H17BrClNO2.C14H14ClN5O.C9H14N4O2/c1-26(2,3)37-25(35)32-21-13-20(29-15-30-21)31-19-12-11-18-22(23(19)28)27(4,5)33(24(18)34)14-16-7-9-17(36-6)10-8-16;1-18(2)15-13(8-9-14(19)16(15)20)17(22)21(18)10-11-4-6-12(23-3)7-5-11;1-14(2)11-7(13(21)20-14)3-4-8(12(11)15)19-10-5-9(16)17-6-18-10;1-9(2,3)15-8(14)13-7-4-6(10)11-5-12-7/h7-13,15H,14H2,1-6H3,(H2,29,30,31,32,35);4-9H,10H2,1-3H3;3-6H,1-2H3,(H,20,21)(H3,16,17,18,19);4-5H,1-3H3,(H3,10,11,12,13,14). The number of nitrogens with two attached hydrogens (primary N) is 2. The van der Waals surface area contributed by atoms with Crippen LogP contribution in [0.1, 0.15) is 142 Å². The Morgan fingerprint density at radius 2 is 0.896 bits per heavy atom. The number of carbonyl (C=O) groups excluding carboxylic acids is 5. The number of hydrogen-bond acceptors (Lipinski definition) is 19. The van der Waals surface area contributed by atoms with Crippen molar-refractivity contribution in [2.75, 3.05) is 47.0 Å². The minimum absolute atomic E-state index is 0.00946. The predicted molar refractivity (Wildman–Crippen MR) is 376 cm³/mol. The molecule has 0 bridgehead atoms. The number of nitrogen functional groups attached to an aromatic ring is 2. The minimum Gasteiger partial charge on any atom is -0.497 e. The van der Waals surface area contributed by atoms with E-state index in [1.54, 1.807) is 92.2 Å². The molecule has 0 saturated carbocycles. The Kier molecular flexibility index (Phi) is 22.0. The van der Waals surface area contributed by atoms with Crippen molar-refractivity contribution in [1.82, 2.24) is 45.0 Å². The summed E-state index contributed by atoms with van der Waals surface area (Å²) >= 11 is 23.2. The van der Waals surface area contributed by atoms with Gasteiger partial charge in [0.2, 0.25) is 0 Å². The number of aromatic nitrogens is 6. The number of anilines is 8. The number of hydrogen-bond donors (Lipinski definition) is 7. The third-order valence-electron chi connectivity index (χ3n) is 15.0. The van der Waals surface area contributed by atoms with E-state index in [-0.39, 0.29) is 29.4 Å². The monoisotopic (exact) mass is 1430 g/mol. The third-order valence-corrected chi connectivity index (χ3v) is 17.1. The zero-order valence-electron chi connectivity index (χ0n) is 55.4. The Morgan fingerprint density at radius 3 is 1.33 bits per heavy atom. The molecule has 3 aromatic heterocycles. The third kappa shape index (κ3) is 17.3. The van der Waals surface area contributed by atoms with E-state index in [4.69, 9.17) is 65.2 Å². The van der Waals surface area contributed by atoms with Crippen LogP contribution in [0.25, 0.3) is 0 Å². The minimum atomic E-state index is -0.657. The van der Waals surface area contributed by atoms with E-state index in [1.165, 1.54) is 25.0 Å². The first-order chi connectivity index (χ1) is 45.0. The molecular formula is C68H75BrCl3N15O9. The van der Waals surface area contributed by atoms with Crippen molar-refractivity contribution in [2.45, 2.75) is 124 Å². The highest BCUT2D eigenvalue weighted by Crippen LogP contribution is 2.48. The van der Waals surface area contributed by atoms with Gasteiger partial charge in [0.05, 0.1) is 57.3 Å². The maximum atomic E-state index is 13.4. The molecule has 5 aromatic carbocycles. The number of halogens is 4. The van der Waals surface area contributed by atoms with Crippen LogP contribution in [-0.4, -0.2) is 95.0 Å². The Hall–Kier alpha value is -9.56. The second-order valence-electron chi connectivity index (χ2n) is 25.6. The van der Waals surface area contributed by atoms with Gasteiger partial charge in [-0.15, -0.1) is 0 Å². The fourth-order valence-electron chi connectivity index (χ4n) is 10.6. The smallest absolute Gasteiger partial charge is 0.413 e. The maximum Gasteiger partial charge on any atom is 0.413 e. The van der Waals surface area contributed by atoms with E-state index in [0.717, 1.165) is 43.8 Å². The molecule has 0 spiro atoms. The Balaban J connectivity index is 0.000000173. The first-order valence-corrected chi connectivity index (χ1v) is 31.8. The van der Waals surface area contributed by atoms with Crippen molar-refractivity contribution >= 4 is 127 Å². The van der Waals surface area contributed by atoms with Crippen LogP contribution in [0.3, 0.4) is 0 Å². The zero-order chi connectivity index (χ0) is 70.4. The molecule has 0 radical (unpaired) electrons. The molecule has 24 nitrogen and oxygen atoms in total. The van der Waals surface area contributed by atoms with Crippen LogP contribution in [0.5, 0.6) is 11.5 Å². The quantitative estimate of drug-likeness (QED) is 0.0597. The maximum absolute atomic E-state index is 13.4. The summed E-state index contributed by atoms with van der Waals surface area (Å²) < 4.78 is 21.5. The van der Waals surface area contributed by atoms with Crippen molar-refractivity contribution < 1.29 is 42.9 Å². The van der Waals surface area contributed by atoms with E-state index >= 15 is 0 Å². The molecule has 5 amide bonds. The molecule has 3 aliphatic rings. The molecule has 28 heteroatoms. The highest BCUT2D eigenvalue weighted by Gasteiger charge is 2.46. The van der Waals surface area contributed by atoms with Gasteiger partial charge >= 0.3 is 12.2 Å². The van der Waals surface area contributed by atoms with E-state index in [2.05, 4.69) is 72.4 Å². The molecule has 0 unspecified atom stereocenters. The number of fused-ring (bicyclic) bond motifs is 3. The number of amides is 5. The molecule has 11 rings (SSSR count). The second-order valence-corrected chi connectivity index (χ2v) is 27.6. The molecule has 3 aliphatic heterocycles. The summed E-state index contributed by atoms with van der Waals surface area (Å²) in [5.41, 5.74) is 15.7. The van der Waals surface area contributed by atoms with E-state index in [9.17, 15) is 24.0 Å². The topological polar surface area (TPSA) is 318 Å². The normalized spacial score (nSPS) is 14.3. The lowest BCUT2D eigenvalue weighted by Crippen LogP contribution is -2.38. The van der Waals surface area contributed by atoms with Crippen molar-refractivity contribution in [3.05, 3.63) is 186 Å². The van der Waals surface area contributed by atoms with Gasteiger partial charge in [-0.1, -0.05) is 59.1 Å².